The minimum atomic E-state index is -1.44. The lowest BCUT2D eigenvalue weighted by Crippen LogP contribution is -2.62. The Labute approximate surface area is 268 Å². The van der Waals surface area contributed by atoms with Crippen LogP contribution < -0.4 is 4.74 Å². The fourth-order valence-corrected chi connectivity index (χ4v) is 8.56. The fraction of sp³-hybridized carbons (Fsp3) is 0.447. The molecule has 2 aromatic rings. The third-order valence-corrected chi connectivity index (χ3v) is 10.9. The van der Waals surface area contributed by atoms with E-state index in [-0.39, 0.29) is 66.8 Å². The highest BCUT2D eigenvalue weighted by Gasteiger charge is 2.59. The molecule has 8 unspecified atom stereocenters. The molecule has 3 N–H and O–H groups in total. The summed E-state index contributed by atoms with van der Waals surface area (Å²) in [5.74, 6) is 4.60. The predicted molar refractivity (Wildman–Crippen MR) is 167 cm³/mol. The molecule has 8 atom stereocenters. The summed E-state index contributed by atoms with van der Waals surface area (Å²) in [4.78, 5) is 39.4. The van der Waals surface area contributed by atoms with Crippen LogP contribution in [0.1, 0.15) is 79.5 Å². The Morgan fingerprint density at radius 3 is 2.59 bits per heavy atom. The van der Waals surface area contributed by atoms with Crippen LogP contribution in [0.25, 0.3) is 0 Å². The lowest BCUT2D eigenvalue weighted by Gasteiger charge is -2.56. The van der Waals surface area contributed by atoms with Crippen molar-refractivity contribution in [3.8, 4) is 23.3 Å². The third-order valence-electron chi connectivity index (χ3n) is 10.9. The summed E-state index contributed by atoms with van der Waals surface area (Å²) < 4.78 is 11.9. The molecule has 2 aliphatic heterocycles. The Kier molecular flexibility index (Phi) is 7.86. The van der Waals surface area contributed by atoms with Crippen LogP contribution in [-0.4, -0.2) is 44.7 Å². The van der Waals surface area contributed by atoms with Gasteiger partial charge in [-0.1, -0.05) is 54.3 Å². The van der Waals surface area contributed by atoms with E-state index in [1.165, 1.54) is 6.07 Å². The van der Waals surface area contributed by atoms with Gasteiger partial charge in [-0.2, -0.15) is 0 Å². The zero-order chi connectivity index (χ0) is 32.2. The smallest absolute Gasteiger partial charge is 0.334 e. The number of rotatable bonds is 3. The van der Waals surface area contributed by atoms with Crippen LogP contribution in [0.5, 0.6) is 11.5 Å². The maximum absolute atomic E-state index is 14.1. The molecule has 8 heteroatoms. The van der Waals surface area contributed by atoms with Crippen molar-refractivity contribution in [1.82, 2.24) is 0 Å². The first kappa shape index (κ1) is 30.5. The number of Topliss-reactive ketones (excluding diaryl/α,β-unsaturated/α-hetero) is 1. The van der Waals surface area contributed by atoms with Crippen molar-refractivity contribution in [3.05, 3.63) is 82.5 Å². The normalized spacial score (nSPS) is 34.3. The highest BCUT2D eigenvalue weighted by atomic mass is 16.6. The third kappa shape index (κ3) is 5.36. The standard InChI is InChI=1S/C38H38O8/c1-2-22-13-25(24-5-3-4-21(12-24)20-39)7-8-26-17-35(42)45-33-19-32(41)28(15-30(26)33)16-34(46-37(22)43)38(44)11-10-23-6-9-27-14-29(40)18-31(23)36(27)38/h2-6,9,12,15,19,23,25-27,31,34,36,39,41,44H,10-11,13-14,16-18,20H2,1H3. The average Bonchev–Trinajstić information content (AvgIpc) is 3.04. The molecule has 0 aromatic heterocycles. The van der Waals surface area contributed by atoms with Gasteiger partial charge in [-0.25, -0.2) is 4.79 Å². The molecule has 2 aromatic carbocycles. The van der Waals surface area contributed by atoms with Gasteiger partial charge in [0.15, 0.2) is 0 Å². The van der Waals surface area contributed by atoms with Crippen molar-refractivity contribution >= 4 is 17.7 Å². The van der Waals surface area contributed by atoms with Crippen LogP contribution >= 0.6 is 0 Å². The zero-order valence-electron chi connectivity index (χ0n) is 25.8. The first-order chi connectivity index (χ1) is 22.2. The Morgan fingerprint density at radius 2 is 1.78 bits per heavy atom. The topological polar surface area (TPSA) is 130 Å². The van der Waals surface area contributed by atoms with Gasteiger partial charge in [0.25, 0.3) is 0 Å². The predicted octanol–water partition coefficient (Wildman–Crippen LogP) is 4.79. The number of cyclic esters (lactones) is 1. The van der Waals surface area contributed by atoms with E-state index in [1.54, 1.807) is 19.1 Å². The van der Waals surface area contributed by atoms with E-state index in [4.69, 9.17) is 9.47 Å². The molecule has 238 valence electrons. The summed E-state index contributed by atoms with van der Waals surface area (Å²) in [5, 5.41) is 33.7. The maximum Gasteiger partial charge on any atom is 0.334 e. The van der Waals surface area contributed by atoms with Gasteiger partial charge < -0.3 is 24.8 Å². The number of ether oxygens (including phenoxy) is 2. The number of carbonyl (C=O) groups is 3. The van der Waals surface area contributed by atoms with Crippen LogP contribution in [0.4, 0.5) is 0 Å². The first-order valence-electron chi connectivity index (χ1n) is 16.2. The summed E-state index contributed by atoms with van der Waals surface area (Å²) >= 11 is 0. The molecule has 2 fully saturated rings. The van der Waals surface area contributed by atoms with E-state index >= 15 is 0 Å². The molecule has 0 saturated heterocycles. The number of ketones is 1. The second kappa shape index (κ2) is 11.9. The van der Waals surface area contributed by atoms with Crippen LogP contribution in [0, 0.1) is 35.5 Å². The van der Waals surface area contributed by atoms with Gasteiger partial charge in [0.05, 0.1) is 18.9 Å². The number of aliphatic hydroxyl groups is 2. The number of phenolic OH excluding ortho intramolecular Hbond substituents is 1. The Balaban J connectivity index is 1.35. The molecule has 0 amide bonds. The number of aliphatic hydroxyl groups excluding tert-OH is 1. The molecule has 8 nitrogen and oxygen atoms in total. The number of phenols is 1. The quantitative estimate of drug-likeness (QED) is 0.147. The molecule has 6 bridgehead atoms. The summed E-state index contributed by atoms with van der Waals surface area (Å²) in [6, 6.07) is 10.6. The zero-order valence-corrected chi connectivity index (χ0v) is 25.8. The van der Waals surface area contributed by atoms with Gasteiger partial charge in [-0.05, 0) is 66.7 Å². The SMILES string of the molecule is CC=C1CC(c2cccc(CO)c2)C#CC2CC(=O)Oc3cc(O)c(cc32)CC(C2(O)CCC3C=CC4CC(=O)CC3C42)OC1=O. The van der Waals surface area contributed by atoms with Gasteiger partial charge in [-0.3, -0.25) is 9.59 Å². The number of hydrogen-bond donors (Lipinski definition) is 3. The minimum Gasteiger partial charge on any atom is -0.508 e. The molecular weight excluding hydrogens is 584 g/mol. The van der Waals surface area contributed by atoms with Crippen molar-refractivity contribution in [1.29, 1.82) is 0 Å². The maximum atomic E-state index is 14.1. The highest BCUT2D eigenvalue weighted by molar-refractivity contribution is 5.89. The first-order valence-corrected chi connectivity index (χ1v) is 16.2. The number of carbonyl (C=O) groups excluding carboxylic acids is 3. The Hall–Kier alpha value is -4.19. The van der Waals surface area contributed by atoms with E-state index in [2.05, 4.69) is 24.0 Å². The molecule has 2 saturated carbocycles. The highest BCUT2D eigenvalue weighted by Crippen LogP contribution is 2.56. The van der Waals surface area contributed by atoms with Crippen molar-refractivity contribution in [2.24, 2.45) is 23.7 Å². The van der Waals surface area contributed by atoms with Crippen LogP contribution in [0.15, 0.2) is 60.2 Å². The van der Waals surface area contributed by atoms with Crippen molar-refractivity contribution < 1.29 is 39.2 Å². The van der Waals surface area contributed by atoms with Crippen LogP contribution in [-0.2, 0) is 32.1 Å². The van der Waals surface area contributed by atoms with Crippen LogP contribution in [0.2, 0.25) is 0 Å². The van der Waals surface area contributed by atoms with Gasteiger partial charge in [0, 0.05) is 48.3 Å². The fourth-order valence-electron chi connectivity index (χ4n) is 8.56. The number of allylic oxidation sites excluding steroid dienone is 3. The minimum absolute atomic E-state index is 0.0278. The van der Waals surface area contributed by atoms with Gasteiger partial charge >= 0.3 is 11.9 Å². The number of benzene rings is 2. The van der Waals surface area contributed by atoms with Gasteiger partial charge in [0.1, 0.15) is 29.0 Å². The average molecular weight is 623 g/mol. The number of hydrogen-bond acceptors (Lipinski definition) is 8. The van der Waals surface area contributed by atoms with E-state index < -0.39 is 35.5 Å². The van der Waals surface area contributed by atoms with Crippen LogP contribution in [0.3, 0.4) is 0 Å². The van der Waals surface area contributed by atoms with E-state index in [1.807, 2.05) is 24.3 Å². The van der Waals surface area contributed by atoms with E-state index in [9.17, 15) is 29.7 Å². The molecule has 0 spiro atoms. The lowest BCUT2D eigenvalue weighted by molar-refractivity contribution is -0.199. The van der Waals surface area contributed by atoms with Gasteiger partial charge in [-0.15, -0.1) is 0 Å². The molecule has 0 radical (unpaired) electrons. The van der Waals surface area contributed by atoms with Crippen molar-refractivity contribution in [2.75, 3.05) is 0 Å². The van der Waals surface area contributed by atoms with E-state index in [0.717, 1.165) is 5.56 Å². The molecule has 3 aliphatic carbocycles. The summed E-state index contributed by atoms with van der Waals surface area (Å²) in [6.45, 7) is 1.62. The summed E-state index contributed by atoms with van der Waals surface area (Å²) in [5.41, 5.74) is 1.57. The number of fused-ring (bicyclic) bond motifs is 1. The molecule has 7 rings (SSSR count). The van der Waals surface area contributed by atoms with Crippen molar-refractivity contribution in [3.63, 3.8) is 0 Å². The van der Waals surface area contributed by atoms with Crippen molar-refractivity contribution in [2.45, 2.75) is 82.0 Å². The molecular formula is C38H38O8. The molecule has 5 aliphatic rings. The summed E-state index contributed by atoms with van der Waals surface area (Å²) in [6.07, 6.45) is 6.99. The largest absolute Gasteiger partial charge is 0.508 e. The van der Waals surface area contributed by atoms with E-state index in [0.29, 0.717) is 47.9 Å². The lowest BCUT2D eigenvalue weighted by atomic mass is 9.51. The summed E-state index contributed by atoms with van der Waals surface area (Å²) in [7, 11) is 0. The van der Waals surface area contributed by atoms with Gasteiger partial charge in [0.2, 0.25) is 0 Å². The molecule has 2 heterocycles. The Morgan fingerprint density at radius 1 is 0.978 bits per heavy atom. The monoisotopic (exact) mass is 622 g/mol. The Bertz CT molecular complexity index is 1730. The second-order valence-electron chi connectivity index (χ2n) is 13.5. The number of aromatic hydroxyl groups is 1. The number of esters is 2. The molecule has 46 heavy (non-hydrogen) atoms. The second-order valence-corrected chi connectivity index (χ2v) is 13.5.